The van der Waals surface area contributed by atoms with Gasteiger partial charge in [-0.1, -0.05) is 0 Å². The fourth-order valence-electron chi connectivity index (χ4n) is 4.04. The molecule has 21 heavy (non-hydrogen) atoms. The molecule has 0 spiro atoms. The summed E-state index contributed by atoms with van der Waals surface area (Å²) < 4.78 is 5.49. The summed E-state index contributed by atoms with van der Waals surface area (Å²) in [5.41, 5.74) is 0. The van der Waals surface area contributed by atoms with Crippen LogP contribution in [0.1, 0.15) is 44.9 Å². The van der Waals surface area contributed by atoms with Gasteiger partial charge in [-0.25, -0.2) is 0 Å². The number of piperidine rings is 1. The molecule has 0 unspecified atom stereocenters. The standard InChI is InChI=1S/C17H30N2O2/c20-17(12-16-4-3-11-21-14-16)19-9-5-15(6-10-19)13-18-7-1-2-8-18/h15-16H,1-14H2/t16-/m0/s1. The predicted octanol–water partition coefficient (Wildman–Crippen LogP) is 2.14. The number of rotatable bonds is 4. The molecule has 120 valence electrons. The van der Waals surface area contributed by atoms with E-state index < -0.39 is 0 Å². The summed E-state index contributed by atoms with van der Waals surface area (Å²) >= 11 is 0. The molecule has 3 heterocycles. The van der Waals surface area contributed by atoms with Crippen LogP contribution in [0.25, 0.3) is 0 Å². The Balaban J connectivity index is 1.37. The van der Waals surface area contributed by atoms with Gasteiger partial charge in [0, 0.05) is 39.3 Å². The van der Waals surface area contributed by atoms with Crippen LogP contribution >= 0.6 is 0 Å². The first kappa shape index (κ1) is 15.3. The second-order valence-electron chi connectivity index (χ2n) is 7.12. The topological polar surface area (TPSA) is 32.8 Å². The number of carbonyl (C=O) groups is 1. The Morgan fingerprint density at radius 2 is 1.71 bits per heavy atom. The molecule has 0 aromatic carbocycles. The van der Waals surface area contributed by atoms with Crippen molar-refractivity contribution in [1.82, 2.24) is 9.80 Å². The molecule has 4 nitrogen and oxygen atoms in total. The molecular weight excluding hydrogens is 264 g/mol. The van der Waals surface area contributed by atoms with Gasteiger partial charge in [0.05, 0.1) is 0 Å². The van der Waals surface area contributed by atoms with Crippen molar-refractivity contribution in [3.8, 4) is 0 Å². The lowest BCUT2D eigenvalue weighted by atomic mass is 9.94. The lowest BCUT2D eigenvalue weighted by Crippen LogP contribution is -2.42. The van der Waals surface area contributed by atoms with E-state index in [0.717, 1.165) is 45.1 Å². The van der Waals surface area contributed by atoms with Gasteiger partial charge in [-0.2, -0.15) is 0 Å². The zero-order valence-electron chi connectivity index (χ0n) is 13.3. The van der Waals surface area contributed by atoms with E-state index in [9.17, 15) is 4.79 Å². The molecule has 0 aromatic heterocycles. The largest absolute Gasteiger partial charge is 0.381 e. The van der Waals surface area contributed by atoms with Gasteiger partial charge < -0.3 is 14.5 Å². The maximum Gasteiger partial charge on any atom is 0.222 e. The lowest BCUT2D eigenvalue weighted by Gasteiger charge is -2.35. The Morgan fingerprint density at radius 3 is 2.38 bits per heavy atom. The summed E-state index contributed by atoms with van der Waals surface area (Å²) in [6.45, 7) is 7.47. The fourth-order valence-corrected chi connectivity index (χ4v) is 4.04. The zero-order valence-corrected chi connectivity index (χ0v) is 13.3. The molecule has 0 aliphatic carbocycles. The number of likely N-dealkylation sites (tertiary alicyclic amines) is 2. The highest BCUT2D eigenvalue weighted by molar-refractivity contribution is 5.76. The first-order valence-corrected chi connectivity index (χ1v) is 8.89. The van der Waals surface area contributed by atoms with Crippen LogP contribution in [0, 0.1) is 11.8 Å². The number of hydrogen-bond acceptors (Lipinski definition) is 3. The van der Waals surface area contributed by atoms with Crippen molar-refractivity contribution in [3.63, 3.8) is 0 Å². The van der Waals surface area contributed by atoms with Gasteiger partial charge in [-0.05, 0) is 63.5 Å². The quantitative estimate of drug-likeness (QED) is 0.796. The van der Waals surface area contributed by atoms with Gasteiger partial charge in [0.15, 0.2) is 0 Å². The van der Waals surface area contributed by atoms with E-state index in [-0.39, 0.29) is 0 Å². The molecule has 0 aromatic rings. The lowest BCUT2D eigenvalue weighted by molar-refractivity contribution is -0.134. The Kier molecular flexibility index (Phi) is 5.53. The van der Waals surface area contributed by atoms with Gasteiger partial charge in [0.1, 0.15) is 0 Å². The second-order valence-corrected chi connectivity index (χ2v) is 7.12. The van der Waals surface area contributed by atoms with E-state index in [4.69, 9.17) is 4.74 Å². The molecule has 0 radical (unpaired) electrons. The Hall–Kier alpha value is -0.610. The third-order valence-electron chi connectivity index (χ3n) is 5.40. The molecule has 4 heteroatoms. The number of hydrogen-bond donors (Lipinski definition) is 0. The van der Waals surface area contributed by atoms with E-state index in [1.54, 1.807) is 0 Å². The van der Waals surface area contributed by atoms with Crippen molar-refractivity contribution >= 4 is 5.91 Å². The van der Waals surface area contributed by atoms with E-state index in [2.05, 4.69) is 9.80 Å². The van der Waals surface area contributed by atoms with Crippen LogP contribution in [-0.4, -0.2) is 61.6 Å². The minimum atomic E-state index is 0.366. The van der Waals surface area contributed by atoms with Gasteiger partial charge >= 0.3 is 0 Å². The molecule has 0 saturated carbocycles. The Morgan fingerprint density at radius 1 is 0.952 bits per heavy atom. The molecule has 0 N–H and O–H groups in total. The summed E-state index contributed by atoms with van der Waals surface area (Å²) in [5.74, 6) is 1.64. The molecule has 3 saturated heterocycles. The zero-order chi connectivity index (χ0) is 14.5. The third-order valence-corrected chi connectivity index (χ3v) is 5.40. The number of nitrogens with zero attached hydrogens (tertiary/aromatic N) is 2. The highest BCUT2D eigenvalue weighted by Crippen LogP contribution is 2.23. The van der Waals surface area contributed by atoms with Crippen molar-refractivity contribution < 1.29 is 9.53 Å². The summed E-state index contributed by atoms with van der Waals surface area (Å²) in [6.07, 6.45) is 8.14. The Bertz CT molecular complexity index is 328. The molecule has 3 fully saturated rings. The van der Waals surface area contributed by atoms with E-state index >= 15 is 0 Å². The van der Waals surface area contributed by atoms with Crippen molar-refractivity contribution in [2.24, 2.45) is 11.8 Å². The van der Waals surface area contributed by atoms with Crippen LogP contribution < -0.4 is 0 Å². The highest BCUT2D eigenvalue weighted by atomic mass is 16.5. The van der Waals surface area contributed by atoms with E-state index in [1.165, 1.54) is 45.3 Å². The summed E-state index contributed by atoms with van der Waals surface area (Å²) in [7, 11) is 0. The van der Waals surface area contributed by atoms with E-state index in [0.29, 0.717) is 18.2 Å². The normalized spacial score (nSPS) is 29.0. The average molecular weight is 294 g/mol. The SMILES string of the molecule is O=C(C[C@@H]1CCCOC1)N1CCC(CN2CCCC2)CC1. The third kappa shape index (κ3) is 4.43. The number of carbonyl (C=O) groups excluding carboxylic acids is 1. The molecule has 0 bridgehead atoms. The average Bonchev–Trinajstić information content (AvgIpc) is 3.02. The predicted molar refractivity (Wildman–Crippen MR) is 83.1 cm³/mol. The molecule has 1 atom stereocenters. The van der Waals surface area contributed by atoms with Crippen LogP contribution in [0.5, 0.6) is 0 Å². The second kappa shape index (κ2) is 7.59. The van der Waals surface area contributed by atoms with Crippen molar-refractivity contribution in [1.29, 1.82) is 0 Å². The van der Waals surface area contributed by atoms with Gasteiger partial charge in [-0.15, -0.1) is 0 Å². The first-order valence-electron chi connectivity index (χ1n) is 8.89. The first-order chi connectivity index (χ1) is 10.3. The highest BCUT2D eigenvalue weighted by Gasteiger charge is 2.27. The minimum Gasteiger partial charge on any atom is -0.381 e. The number of amides is 1. The Labute approximate surface area is 128 Å². The van der Waals surface area contributed by atoms with Crippen molar-refractivity contribution in [2.45, 2.75) is 44.9 Å². The van der Waals surface area contributed by atoms with Crippen molar-refractivity contribution in [3.05, 3.63) is 0 Å². The maximum atomic E-state index is 12.4. The monoisotopic (exact) mass is 294 g/mol. The van der Waals surface area contributed by atoms with Gasteiger partial charge in [-0.3, -0.25) is 4.79 Å². The van der Waals surface area contributed by atoms with Gasteiger partial charge in [0.2, 0.25) is 5.91 Å². The van der Waals surface area contributed by atoms with Crippen LogP contribution in [0.2, 0.25) is 0 Å². The smallest absolute Gasteiger partial charge is 0.222 e. The molecule has 3 aliphatic heterocycles. The van der Waals surface area contributed by atoms with Crippen LogP contribution in [0.4, 0.5) is 0 Å². The summed E-state index contributed by atoms with van der Waals surface area (Å²) in [4.78, 5) is 17.1. The van der Waals surface area contributed by atoms with Gasteiger partial charge in [0.25, 0.3) is 0 Å². The molecule has 1 amide bonds. The summed E-state index contributed by atoms with van der Waals surface area (Å²) in [6, 6.07) is 0. The molecule has 3 rings (SSSR count). The minimum absolute atomic E-state index is 0.366. The van der Waals surface area contributed by atoms with Crippen LogP contribution in [0.15, 0.2) is 0 Å². The van der Waals surface area contributed by atoms with Crippen molar-refractivity contribution in [2.75, 3.05) is 45.9 Å². The maximum absolute atomic E-state index is 12.4. The fraction of sp³-hybridized carbons (Fsp3) is 0.941. The summed E-state index contributed by atoms with van der Waals surface area (Å²) in [5, 5.41) is 0. The van der Waals surface area contributed by atoms with Crippen LogP contribution in [0.3, 0.4) is 0 Å². The molecular formula is C17H30N2O2. The van der Waals surface area contributed by atoms with Crippen LogP contribution in [-0.2, 0) is 9.53 Å². The van der Waals surface area contributed by atoms with E-state index in [1.807, 2.05) is 0 Å². The molecule has 3 aliphatic rings. The number of ether oxygens (including phenoxy) is 1.